The van der Waals surface area contributed by atoms with E-state index in [1.54, 1.807) is 23.8 Å². The zero-order chi connectivity index (χ0) is 20.0. The molecule has 0 aromatic carbocycles. The first-order chi connectivity index (χ1) is 14.2. The molecule has 1 aliphatic heterocycles. The van der Waals surface area contributed by atoms with E-state index in [4.69, 9.17) is 4.98 Å². The number of nitrogens with zero attached hydrogens (tertiary/aromatic N) is 5. The van der Waals surface area contributed by atoms with E-state index in [-0.39, 0.29) is 18.6 Å². The van der Waals surface area contributed by atoms with Crippen molar-refractivity contribution in [1.29, 1.82) is 0 Å². The van der Waals surface area contributed by atoms with Crippen LogP contribution in [0.2, 0.25) is 0 Å². The highest BCUT2D eigenvalue weighted by Gasteiger charge is 2.28. The van der Waals surface area contributed by atoms with Crippen molar-refractivity contribution in [2.24, 2.45) is 0 Å². The van der Waals surface area contributed by atoms with Gasteiger partial charge < -0.3 is 20.6 Å². The molecule has 5 rings (SSSR count). The molecule has 0 bridgehead atoms. The summed E-state index contributed by atoms with van der Waals surface area (Å²) in [5.74, 6) is 2.16. The van der Waals surface area contributed by atoms with Crippen LogP contribution in [0.15, 0.2) is 18.3 Å². The topological polar surface area (TPSA) is 123 Å². The fraction of sp³-hybridized carbons (Fsp3) is 0.474. The Bertz CT molecular complexity index is 1050. The van der Waals surface area contributed by atoms with Crippen molar-refractivity contribution in [2.45, 2.75) is 37.6 Å². The summed E-state index contributed by atoms with van der Waals surface area (Å²) in [5.41, 5.74) is 2.31. The summed E-state index contributed by atoms with van der Waals surface area (Å²) < 4.78 is 1.66. The number of carbonyl (C=O) groups is 1. The fourth-order valence-corrected chi connectivity index (χ4v) is 3.88. The average Bonchev–Trinajstić information content (AvgIpc) is 3.13. The minimum atomic E-state index is -0.187. The first-order valence-electron chi connectivity index (χ1n) is 9.98. The lowest BCUT2D eigenvalue weighted by atomic mass is 10.2. The van der Waals surface area contributed by atoms with Gasteiger partial charge in [-0.05, 0) is 31.7 Å². The van der Waals surface area contributed by atoms with E-state index in [1.165, 1.54) is 12.8 Å². The van der Waals surface area contributed by atoms with Crippen molar-refractivity contribution in [1.82, 2.24) is 30.1 Å². The van der Waals surface area contributed by atoms with Gasteiger partial charge in [-0.15, -0.1) is 5.10 Å². The summed E-state index contributed by atoms with van der Waals surface area (Å²) >= 11 is 0. The molecule has 4 heterocycles. The number of anilines is 3. The van der Waals surface area contributed by atoms with Gasteiger partial charge in [-0.2, -0.15) is 10.1 Å². The molecule has 152 valence electrons. The maximum atomic E-state index is 12.1. The number of aromatic amines is 1. The highest BCUT2D eigenvalue weighted by Crippen LogP contribution is 2.39. The third-order valence-electron chi connectivity index (χ3n) is 5.65. The lowest BCUT2D eigenvalue weighted by Crippen LogP contribution is -2.34. The van der Waals surface area contributed by atoms with Crippen LogP contribution in [-0.4, -0.2) is 62.1 Å². The van der Waals surface area contributed by atoms with Crippen LogP contribution in [0, 0.1) is 0 Å². The molecule has 29 heavy (non-hydrogen) atoms. The first-order valence-corrected chi connectivity index (χ1v) is 9.98. The molecule has 2 fully saturated rings. The van der Waals surface area contributed by atoms with Gasteiger partial charge >= 0.3 is 0 Å². The predicted molar refractivity (Wildman–Crippen MR) is 108 cm³/mol. The highest BCUT2D eigenvalue weighted by molar-refractivity contribution is 5.96. The van der Waals surface area contributed by atoms with Crippen molar-refractivity contribution in [2.75, 3.05) is 30.4 Å². The molecule has 1 saturated carbocycles. The normalized spacial score (nSPS) is 19.1. The Morgan fingerprint density at radius 1 is 1.34 bits per heavy atom. The quantitative estimate of drug-likeness (QED) is 0.496. The van der Waals surface area contributed by atoms with Gasteiger partial charge in [0.1, 0.15) is 5.52 Å². The second kappa shape index (κ2) is 7.03. The van der Waals surface area contributed by atoms with Crippen LogP contribution in [0.4, 0.5) is 17.6 Å². The molecule has 1 aliphatic carbocycles. The van der Waals surface area contributed by atoms with E-state index in [0.29, 0.717) is 34.6 Å². The SMILES string of the molecule is CNC(=O)c1cc2c(Nc3cc(C4CC4)[nH]n3)nc(N3CCC[C@H]3CO)nn2c1. The number of hydrogen-bond acceptors (Lipinski definition) is 7. The second-order valence-corrected chi connectivity index (χ2v) is 7.68. The lowest BCUT2D eigenvalue weighted by molar-refractivity contribution is 0.0963. The Morgan fingerprint density at radius 2 is 2.21 bits per heavy atom. The number of carbonyl (C=O) groups excluding carboxylic acids is 1. The van der Waals surface area contributed by atoms with Crippen molar-refractivity contribution in [3.8, 4) is 0 Å². The number of H-pyrrole nitrogens is 1. The molecule has 4 N–H and O–H groups in total. The molecule has 10 heteroatoms. The van der Waals surface area contributed by atoms with Crippen LogP contribution in [-0.2, 0) is 0 Å². The Kier molecular flexibility index (Phi) is 4.35. The Balaban J connectivity index is 1.56. The largest absolute Gasteiger partial charge is 0.394 e. The van der Waals surface area contributed by atoms with Crippen LogP contribution >= 0.6 is 0 Å². The summed E-state index contributed by atoms with van der Waals surface area (Å²) in [6.07, 6.45) is 5.95. The standard InChI is InChI=1S/C19H24N8O2/c1-20-18(29)12-7-15-17(21-16-8-14(23-24-16)11-4-5-11)22-19(25-27(15)9-12)26-6-2-3-13(26)10-28/h7-9,11,13,28H,2-6,10H2,1H3,(H,20,29)(H2,21,22,23,24,25)/t13-/m0/s1. The zero-order valence-corrected chi connectivity index (χ0v) is 16.2. The molecule has 1 saturated heterocycles. The smallest absolute Gasteiger partial charge is 0.252 e. The van der Waals surface area contributed by atoms with Gasteiger partial charge in [-0.1, -0.05) is 0 Å². The predicted octanol–water partition coefficient (Wildman–Crippen LogP) is 1.39. The third kappa shape index (κ3) is 3.29. The minimum absolute atomic E-state index is 0.00104. The van der Waals surface area contributed by atoms with Gasteiger partial charge in [-0.3, -0.25) is 9.89 Å². The van der Waals surface area contributed by atoms with Gasteiger partial charge in [0.05, 0.1) is 18.2 Å². The maximum absolute atomic E-state index is 12.1. The highest BCUT2D eigenvalue weighted by atomic mass is 16.3. The summed E-state index contributed by atoms with van der Waals surface area (Å²) in [7, 11) is 1.60. The lowest BCUT2D eigenvalue weighted by Gasteiger charge is -2.23. The summed E-state index contributed by atoms with van der Waals surface area (Å²) in [6.45, 7) is 0.845. The number of hydrogen-bond donors (Lipinski definition) is 4. The number of nitrogens with one attached hydrogen (secondary N) is 3. The van der Waals surface area contributed by atoms with E-state index >= 15 is 0 Å². The van der Waals surface area contributed by atoms with Gasteiger partial charge in [0.2, 0.25) is 5.95 Å². The molecular weight excluding hydrogens is 372 g/mol. The molecule has 0 spiro atoms. The van der Waals surface area contributed by atoms with Crippen molar-refractivity contribution in [3.63, 3.8) is 0 Å². The molecule has 10 nitrogen and oxygen atoms in total. The third-order valence-corrected chi connectivity index (χ3v) is 5.65. The number of fused-ring (bicyclic) bond motifs is 1. The number of aliphatic hydroxyl groups excluding tert-OH is 1. The Hall–Kier alpha value is -3.14. The maximum Gasteiger partial charge on any atom is 0.252 e. The molecule has 0 unspecified atom stereocenters. The van der Waals surface area contributed by atoms with E-state index in [2.05, 4.69) is 25.9 Å². The van der Waals surface area contributed by atoms with E-state index in [9.17, 15) is 9.90 Å². The van der Waals surface area contributed by atoms with Crippen molar-refractivity contribution in [3.05, 3.63) is 29.6 Å². The second-order valence-electron chi connectivity index (χ2n) is 7.68. The van der Waals surface area contributed by atoms with Gasteiger partial charge in [0.15, 0.2) is 11.6 Å². The van der Waals surface area contributed by atoms with Crippen LogP contribution in [0.25, 0.3) is 5.52 Å². The van der Waals surface area contributed by atoms with Gasteiger partial charge in [0.25, 0.3) is 5.91 Å². The van der Waals surface area contributed by atoms with E-state index in [1.807, 2.05) is 11.0 Å². The van der Waals surface area contributed by atoms with Crippen LogP contribution in [0.5, 0.6) is 0 Å². The molecule has 3 aromatic heterocycles. The first kappa shape index (κ1) is 17.9. The number of amides is 1. The average molecular weight is 396 g/mol. The molecular formula is C19H24N8O2. The van der Waals surface area contributed by atoms with Crippen molar-refractivity contribution >= 4 is 29.0 Å². The monoisotopic (exact) mass is 396 g/mol. The molecule has 1 atom stereocenters. The van der Waals surface area contributed by atoms with Crippen LogP contribution in [0.3, 0.4) is 0 Å². The molecule has 0 radical (unpaired) electrons. The fourth-order valence-electron chi connectivity index (χ4n) is 3.88. The number of aromatic nitrogens is 5. The van der Waals surface area contributed by atoms with E-state index < -0.39 is 0 Å². The zero-order valence-electron chi connectivity index (χ0n) is 16.2. The number of rotatable bonds is 6. The summed E-state index contributed by atoms with van der Waals surface area (Å²) in [6, 6.07) is 3.76. The molecule has 3 aromatic rings. The Morgan fingerprint density at radius 3 is 2.97 bits per heavy atom. The molecule has 1 amide bonds. The summed E-state index contributed by atoms with van der Waals surface area (Å²) in [5, 5.41) is 27.7. The van der Waals surface area contributed by atoms with Gasteiger partial charge in [-0.25, -0.2) is 4.52 Å². The van der Waals surface area contributed by atoms with Crippen LogP contribution < -0.4 is 15.5 Å². The Labute approximate surface area is 167 Å². The molecule has 2 aliphatic rings. The van der Waals surface area contributed by atoms with Crippen LogP contribution in [0.1, 0.15) is 47.7 Å². The number of aliphatic hydroxyl groups is 1. The van der Waals surface area contributed by atoms with E-state index in [0.717, 1.165) is 25.1 Å². The minimum Gasteiger partial charge on any atom is -0.394 e. The summed E-state index contributed by atoms with van der Waals surface area (Å²) in [4.78, 5) is 18.9. The van der Waals surface area contributed by atoms with Gasteiger partial charge in [0, 0.05) is 37.5 Å². The van der Waals surface area contributed by atoms with Crippen molar-refractivity contribution < 1.29 is 9.90 Å².